The second kappa shape index (κ2) is 20.9. The van der Waals surface area contributed by atoms with Crippen molar-refractivity contribution in [3.63, 3.8) is 0 Å². The fourth-order valence-corrected chi connectivity index (χ4v) is 8.57. The molecule has 0 aliphatic carbocycles. The minimum atomic E-state index is -6.13. The molecular formula is C51H32BF24NO. The zero-order chi connectivity index (χ0) is 58.6. The summed E-state index contributed by atoms with van der Waals surface area (Å²) in [6.45, 7) is 4.95. The monoisotopic (exact) mass is 1140 g/mol. The summed E-state index contributed by atoms with van der Waals surface area (Å²) in [6, 6.07) is 12.2. The van der Waals surface area contributed by atoms with E-state index in [-0.39, 0.29) is 6.10 Å². The number of para-hydroxylation sites is 1. The highest BCUT2D eigenvalue weighted by Gasteiger charge is 2.47. The summed E-state index contributed by atoms with van der Waals surface area (Å²) in [5.74, 6) is 0.927. The molecule has 0 saturated heterocycles. The lowest BCUT2D eigenvalue weighted by Gasteiger charge is -2.46. The van der Waals surface area contributed by atoms with Crippen LogP contribution in [-0.2, 0) is 56.0 Å². The van der Waals surface area contributed by atoms with Crippen molar-refractivity contribution in [2.24, 2.45) is 0 Å². The molecule has 0 atom stereocenters. The van der Waals surface area contributed by atoms with E-state index in [0.717, 1.165) is 12.3 Å². The molecule has 0 saturated carbocycles. The third-order valence-electron chi connectivity index (χ3n) is 11.9. The maximum absolute atomic E-state index is 14.2. The molecule has 2 nitrogen and oxygen atoms in total. The Morgan fingerprint density at radius 1 is 0.359 bits per heavy atom. The van der Waals surface area contributed by atoms with E-state index in [9.17, 15) is 105 Å². The number of ether oxygens (including phenoxy) is 1. The molecule has 0 spiro atoms. The molecule has 0 bridgehead atoms. The number of hydrogen-bond donors (Lipinski definition) is 0. The standard InChI is InChI=1S/C32H12BF24.C19H20NO/c34-25(35,36)13-1-14(26(37,38)39)6-21(5-13)33(22-7-15(27(40,41)42)2-16(8-22)28(43,44)45,23-9-17(29(46,47)48)3-18(10-23)30(49,50)51)24-11-19(31(52,53)54)4-20(12-24)32(55,56)57;1-15(2)21-18-11-9-16(10-12-18)14-20-13-5-7-17-6-3-4-8-19(17)20/h1-12H;3-13,15H,14H2,1-2H3/q-1;+1. The largest absolute Gasteiger partial charge is 0.491 e. The van der Waals surface area contributed by atoms with Crippen LogP contribution < -0.4 is 31.2 Å². The molecular weight excluding hydrogens is 1110 g/mol. The maximum Gasteiger partial charge on any atom is 0.416 e. The molecule has 27 heteroatoms. The van der Waals surface area contributed by atoms with Gasteiger partial charge in [0.15, 0.2) is 12.7 Å². The van der Waals surface area contributed by atoms with Gasteiger partial charge < -0.3 is 4.74 Å². The van der Waals surface area contributed by atoms with Gasteiger partial charge in [-0.1, -0.05) is 60.7 Å². The third kappa shape index (κ3) is 13.8. The van der Waals surface area contributed by atoms with Crippen LogP contribution in [0.25, 0.3) is 10.9 Å². The number of alkyl halides is 24. The number of hydrogen-bond acceptors (Lipinski definition) is 1. The average molecular weight is 1140 g/mol. The number of nitrogens with zero attached hydrogens (tertiary/aromatic N) is 1. The van der Waals surface area contributed by atoms with Gasteiger partial charge in [0.25, 0.3) is 0 Å². The van der Waals surface area contributed by atoms with Crippen molar-refractivity contribution >= 4 is 38.9 Å². The van der Waals surface area contributed by atoms with E-state index in [1.807, 2.05) is 26.0 Å². The Morgan fingerprint density at radius 3 is 0.897 bits per heavy atom. The first-order chi connectivity index (χ1) is 35.5. The molecule has 0 unspecified atom stereocenters. The van der Waals surface area contributed by atoms with Crippen molar-refractivity contribution in [3.05, 3.63) is 190 Å². The summed E-state index contributed by atoms with van der Waals surface area (Å²) in [5, 5.41) is 1.26. The number of benzene rings is 6. The quantitative estimate of drug-likeness (QED) is 0.0840. The first kappa shape index (κ1) is 60.1. The topological polar surface area (TPSA) is 13.1 Å². The van der Waals surface area contributed by atoms with Gasteiger partial charge in [0, 0.05) is 23.1 Å². The molecule has 0 amide bonds. The summed E-state index contributed by atoms with van der Waals surface area (Å²) < 4.78 is 349. The molecule has 0 radical (unpaired) electrons. The number of fused-ring (bicyclic) bond motifs is 1. The SMILES string of the molecule is CC(C)Oc1ccc(C[n+]2cccc3ccccc32)cc1.FC(F)(F)c1cc([B-](c2cc(C(F)(F)F)cc(C(F)(F)F)c2)(c2cc(C(F)(F)F)cc(C(F)(F)F)c2)c2cc(C(F)(F)F)cc(C(F)(F)F)c2)cc(C(F)(F)F)c1. The Kier molecular flexibility index (Phi) is 16.1. The summed E-state index contributed by atoms with van der Waals surface area (Å²) in [4.78, 5) is 0. The van der Waals surface area contributed by atoms with Gasteiger partial charge in [-0.3, -0.25) is 0 Å². The minimum Gasteiger partial charge on any atom is -0.491 e. The molecule has 0 aliphatic rings. The van der Waals surface area contributed by atoms with Crippen LogP contribution in [0.4, 0.5) is 105 Å². The smallest absolute Gasteiger partial charge is 0.416 e. The lowest BCUT2D eigenvalue weighted by Crippen LogP contribution is -2.75. The molecule has 7 aromatic rings. The van der Waals surface area contributed by atoms with E-state index in [1.165, 1.54) is 16.5 Å². The Bertz CT molecular complexity index is 2830. The van der Waals surface area contributed by atoms with Crippen LogP contribution in [0.15, 0.2) is 140 Å². The molecule has 0 aliphatic heterocycles. The molecule has 1 heterocycles. The molecule has 0 N–H and O–H groups in total. The van der Waals surface area contributed by atoms with Gasteiger partial charge >= 0.3 is 49.4 Å². The van der Waals surface area contributed by atoms with Gasteiger partial charge in [0.2, 0.25) is 5.52 Å². The molecule has 78 heavy (non-hydrogen) atoms. The number of aromatic nitrogens is 1. The van der Waals surface area contributed by atoms with Gasteiger partial charge in [-0.25, -0.2) is 0 Å². The van der Waals surface area contributed by atoms with Crippen molar-refractivity contribution in [2.45, 2.75) is 75.9 Å². The fourth-order valence-electron chi connectivity index (χ4n) is 8.57. The van der Waals surface area contributed by atoms with E-state index in [2.05, 4.69) is 59.3 Å². The van der Waals surface area contributed by atoms with Gasteiger partial charge in [0.05, 0.1) is 50.6 Å². The highest BCUT2D eigenvalue weighted by atomic mass is 19.4. The minimum absolute atomic E-state index is 0.211. The highest BCUT2D eigenvalue weighted by molar-refractivity contribution is 7.20. The Hall–Kier alpha value is -7.09. The summed E-state index contributed by atoms with van der Waals surface area (Å²) in [5.41, 5.74) is -27.7. The number of rotatable bonds is 8. The molecule has 418 valence electrons. The normalized spacial score (nSPS) is 13.4. The van der Waals surface area contributed by atoms with E-state index >= 15 is 0 Å². The van der Waals surface area contributed by atoms with Crippen molar-refractivity contribution in [1.82, 2.24) is 0 Å². The fraction of sp³-hybridized carbons (Fsp3) is 0.235. The van der Waals surface area contributed by atoms with Crippen LogP contribution in [0.2, 0.25) is 0 Å². The third-order valence-corrected chi connectivity index (χ3v) is 11.9. The molecule has 0 fully saturated rings. The van der Waals surface area contributed by atoms with E-state index in [0.29, 0.717) is 0 Å². The van der Waals surface area contributed by atoms with Crippen molar-refractivity contribution in [3.8, 4) is 5.75 Å². The van der Waals surface area contributed by atoms with E-state index in [4.69, 9.17) is 4.74 Å². The van der Waals surface area contributed by atoms with Gasteiger partial charge in [-0.05, 0) is 74.5 Å². The second-order valence-electron chi connectivity index (χ2n) is 17.7. The molecule has 7 rings (SSSR count). The van der Waals surface area contributed by atoms with Crippen LogP contribution in [0.1, 0.15) is 63.9 Å². The van der Waals surface area contributed by atoms with Crippen LogP contribution in [0.5, 0.6) is 5.75 Å². The van der Waals surface area contributed by atoms with E-state index < -0.39 is 195 Å². The number of pyridine rings is 1. The zero-order valence-electron chi connectivity index (χ0n) is 39.1. The highest BCUT2D eigenvalue weighted by Crippen LogP contribution is 2.41. The predicted octanol–water partition coefficient (Wildman–Crippen LogP) is 15.2. The van der Waals surface area contributed by atoms with Crippen molar-refractivity contribution in [1.29, 1.82) is 0 Å². The molecule has 6 aromatic carbocycles. The second-order valence-corrected chi connectivity index (χ2v) is 17.7. The number of halogens is 24. The van der Waals surface area contributed by atoms with Crippen molar-refractivity contribution < 1.29 is 115 Å². The summed E-state index contributed by atoms with van der Waals surface area (Å²) >= 11 is 0. The van der Waals surface area contributed by atoms with Gasteiger partial charge in [0.1, 0.15) is 11.9 Å². The Morgan fingerprint density at radius 2 is 0.628 bits per heavy atom. The van der Waals surface area contributed by atoms with Crippen LogP contribution >= 0.6 is 0 Å². The van der Waals surface area contributed by atoms with Gasteiger partial charge in [-0.15, -0.1) is 0 Å². The average Bonchev–Trinajstić information content (AvgIpc) is 3.46. The van der Waals surface area contributed by atoms with Crippen LogP contribution in [0.3, 0.4) is 0 Å². The summed E-state index contributed by atoms with van der Waals surface area (Å²) in [7, 11) is 0. The lowest BCUT2D eigenvalue weighted by molar-refractivity contribution is -0.662. The van der Waals surface area contributed by atoms with E-state index in [1.54, 1.807) is 0 Å². The first-order valence-electron chi connectivity index (χ1n) is 22.0. The molecule has 1 aromatic heterocycles. The Balaban J connectivity index is 0.000000387. The van der Waals surface area contributed by atoms with Gasteiger partial charge in [-0.2, -0.15) is 132 Å². The lowest BCUT2D eigenvalue weighted by atomic mass is 9.12. The maximum atomic E-state index is 14.2. The van der Waals surface area contributed by atoms with Crippen LogP contribution in [0, 0.1) is 0 Å². The first-order valence-corrected chi connectivity index (χ1v) is 22.0. The Labute approximate surface area is 424 Å². The van der Waals surface area contributed by atoms with Crippen LogP contribution in [-0.4, -0.2) is 12.2 Å². The predicted molar refractivity (Wildman–Crippen MR) is 236 cm³/mol. The summed E-state index contributed by atoms with van der Waals surface area (Å²) in [6.07, 6.45) is -52.5. The van der Waals surface area contributed by atoms with Crippen molar-refractivity contribution in [2.75, 3.05) is 0 Å². The zero-order valence-corrected chi connectivity index (χ0v) is 39.1.